The van der Waals surface area contributed by atoms with Crippen LogP contribution in [0, 0.1) is 0 Å². The number of benzene rings is 7. The topological polar surface area (TPSA) is 34.2 Å². The van der Waals surface area contributed by atoms with Crippen LogP contribution in [0.3, 0.4) is 0 Å². The highest BCUT2D eigenvalue weighted by atomic mass is 16.3. The largest absolute Gasteiger partial charge is 0.436 e. The summed E-state index contributed by atoms with van der Waals surface area (Å²) in [6.07, 6.45) is 0. The second-order valence-electron chi connectivity index (χ2n) is 11.7. The van der Waals surface area contributed by atoms with Crippen LogP contribution < -0.4 is 4.90 Å². The lowest BCUT2D eigenvalue weighted by molar-refractivity contribution is 0.620. The van der Waals surface area contributed by atoms with Crippen LogP contribution in [0.15, 0.2) is 180 Å². The van der Waals surface area contributed by atoms with Gasteiger partial charge in [-0.05, 0) is 102 Å². The third-order valence-corrected chi connectivity index (χ3v) is 8.81. The molecule has 0 aliphatic rings. The van der Waals surface area contributed by atoms with Gasteiger partial charge in [-0.25, -0.2) is 4.98 Å². The summed E-state index contributed by atoms with van der Waals surface area (Å²) in [5.74, 6) is 0.619. The second-order valence-corrected chi connectivity index (χ2v) is 11.7. The minimum absolute atomic E-state index is 0.619. The van der Waals surface area contributed by atoms with E-state index in [0.29, 0.717) is 5.89 Å². The van der Waals surface area contributed by atoms with E-state index in [1.165, 1.54) is 32.9 Å². The Bertz CT molecular complexity index is 2460. The SMILES string of the molecule is c1ccc(-c2ccc3c(c2)c2cc(N(c4ccccc4)c4ccc(-c5nc6ccccc6o5)cc4)ccc2n3-c2ccccc2)cc1. The molecule has 2 heterocycles. The average molecular weight is 604 g/mol. The quantitative estimate of drug-likeness (QED) is 0.190. The van der Waals surface area contributed by atoms with Gasteiger partial charge in [0.15, 0.2) is 5.58 Å². The van der Waals surface area contributed by atoms with E-state index >= 15 is 0 Å². The smallest absolute Gasteiger partial charge is 0.227 e. The van der Waals surface area contributed by atoms with Crippen LogP contribution in [0.25, 0.3) is 61.2 Å². The van der Waals surface area contributed by atoms with Crippen molar-refractivity contribution in [2.45, 2.75) is 0 Å². The molecule has 0 aliphatic heterocycles. The molecule has 0 atom stereocenters. The molecule has 4 nitrogen and oxygen atoms in total. The number of fused-ring (bicyclic) bond motifs is 4. The maximum Gasteiger partial charge on any atom is 0.227 e. The van der Waals surface area contributed by atoms with Crippen molar-refractivity contribution in [1.82, 2.24) is 9.55 Å². The number of hydrogen-bond donors (Lipinski definition) is 0. The Hall–Kier alpha value is -6.39. The maximum atomic E-state index is 6.07. The highest BCUT2D eigenvalue weighted by Crippen LogP contribution is 2.41. The van der Waals surface area contributed by atoms with Crippen LogP contribution in [0.2, 0.25) is 0 Å². The van der Waals surface area contributed by atoms with Gasteiger partial charge in [-0.3, -0.25) is 0 Å². The first-order valence-electron chi connectivity index (χ1n) is 15.8. The summed E-state index contributed by atoms with van der Waals surface area (Å²) in [7, 11) is 0. The van der Waals surface area contributed by atoms with E-state index in [1.807, 2.05) is 24.3 Å². The molecule has 2 aromatic heterocycles. The third kappa shape index (κ3) is 4.75. The van der Waals surface area contributed by atoms with Gasteiger partial charge >= 0.3 is 0 Å². The van der Waals surface area contributed by atoms with Gasteiger partial charge in [0, 0.05) is 39.1 Å². The lowest BCUT2D eigenvalue weighted by atomic mass is 10.0. The second kappa shape index (κ2) is 11.2. The summed E-state index contributed by atoms with van der Waals surface area (Å²) in [4.78, 5) is 7.02. The number of oxazole rings is 1. The molecule has 0 fully saturated rings. The molecule has 222 valence electrons. The molecule has 0 radical (unpaired) electrons. The fraction of sp³-hybridized carbons (Fsp3) is 0. The van der Waals surface area contributed by atoms with Gasteiger partial charge in [0.05, 0.1) is 11.0 Å². The molecule has 0 spiro atoms. The number of rotatable bonds is 6. The fourth-order valence-corrected chi connectivity index (χ4v) is 6.59. The Labute approximate surface area is 272 Å². The molecule has 9 rings (SSSR count). The van der Waals surface area contributed by atoms with Crippen LogP contribution in [0.4, 0.5) is 17.1 Å². The minimum atomic E-state index is 0.619. The van der Waals surface area contributed by atoms with Crippen molar-refractivity contribution < 1.29 is 4.42 Å². The van der Waals surface area contributed by atoms with E-state index in [9.17, 15) is 0 Å². The van der Waals surface area contributed by atoms with Crippen LogP contribution in [0.5, 0.6) is 0 Å². The first kappa shape index (κ1) is 27.0. The summed E-state index contributed by atoms with van der Waals surface area (Å²) in [6.45, 7) is 0. The number of para-hydroxylation sites is 4. The van der Waals surface area contributed by atoms with Crippen molar-refractivity contribution in [3.05, 3.63) is 176 Å². The molecule has 0 N–H and O–H groups in total. The summed E-state index contributed by atoms with van der Waals surface area (Å²) >= 11 is 0. The Morgan fingerprint density at radius 3 is 1.77 bits per heavy atom. The third-order valence-electron chi connectivity index (χ3n) is 8.81. The molecule has 47 heavy (non-hydrogen) atoms. The van der Waals surface area contributed by atoms with E-state index in [1.54, 1.807) is 0 Å². The fourth-order valence-electron chi connectivity index (χ4n) is 6.59. The molecular formula is C43H29N3O. The molecule has 0 saturated carbocycles. The molecule has 7 aromatic carbocycles. The number of anilines is 3. The molecule has 9 aromatic rings. The summed E-state index contributed by atoms with van der Waals surface area (Å²) in [5.41, 5.74) is 11.7. The Kier molecular flexibility index (Phi) is 6.43. The van der Waals surface area contributed by atoms with Gasteiger partial charge < -0.3 is 13.9 Å². The number of hydrogen-bond acceptors (Lipinski definition) is 3. The summed E-state index contributed by atoms with van der Waals surface area (Å²) in [6, 6.07) is 61.7. The molecular weight excluding hydrogens is 574 g/mol. The highest BCUT2D eigenvalue weighted by Gasteiger charge is 2.18. The lowest BCUT2D eigenvalue weighted by Gasteiger charge is -2.25. The van der Waals surface area contributed by atoms with Gasteiger partial charge in [-0.15, -0.1) is 0 Å². The summed E-state index contributed by atoms with van der Waals surface area (Å²) < 4.78 is 8.43. The average Bonchev–Trinajstić information content (AvgIpc) is 3.72. The van der Waals surface area contributed by atoms with Crippen molar-refractivity contribution in [2.75, 3.05) is 4.90 Å². The maximum absolute atomic E-state index is 6.07. The van der Waals surface area contributed by atoms with Crippen molar-refractivity contribution in [3.63, 3.8) is 0 Å². The van der Waals surface area contributed by atoms with E-state index in [2.05, 4.69) is 161 Å². The number of nitrogens with zero attached hydrogens (tertiary/aromatic N) is 3. The molecule has 4 heteroatoms. The van der Waals surface area contributed by atoms with Crippen LogP contribution >= 0.6 is 0 Å². The van der Waals surface area contributed by atoms with Gasteiger partial charge in [-0.2, -0.15) is 0 Å². The van der Waals surface area contributed by atoms with Crippen LogP contribution in [-0.4, -0.2) is 9.55 Å². The molecule has 0 bridgehead atoms. The molecule has 0 unspecified atom stereocenters. The molecule has 0 amide bonds. The predicted molar refractivity (Wildman–Crippen MR) is 194 cm³/mol. The van der Waals surface area contributed by atoms with E-state index < -0.39 is 0 Å². The normalized spacial score (nSPS) is 11.4. The van der Waals surface area contributed by atoms with Crippen LogP contribution in [-0.2, 0) is 0 Å². The highest BCUT2D eigenvalue weighted by molar-refractivity contribution is 6.12. The van der Waals surface area contributed by atoms with Crippen molar-refractivity contribution in [1.29, 1.82) is 0 Å². The van der Waals surface area contributed by atoms with Gasteiger partial charge in [0.1, 0.15) is 5.52 Å². The van der Waals surface area contributed by atoms with E-state index in [0.717, 1.165) is 39.4 Å². The Balaban J connectivity index is 1.22. The standard InChI is InChI=1S/C43H29N3O/c1-4-12-30(13-5-1)32-22-26-40-37(28-32)38-29-36(25-27-41(38)46(40)34-16-8-3-9-17-34)45(33-14-6-2-7-15-33)35-23-20-31(21-24-35)43-44-39-18-10-11-19-42(39)47-43/h1-29H. The monoisotopic (exact) mass is 603 g/mol. The zero-order chi connectivity index (χ0) is 31.2. The first-order chi connectivity index (χ1) is 23.3. The predicted octanol–water partition coefficient (Wildman–Crippen LogP) is 11.7. The first-order valence-corrected chi connectivity index (χ1v) is 15.8. The van der Waals surface area contributed by atoms with Gasteiger partial charge in [0.25, 0.3) is 0 Å². The lowest BCUT2D eigenvalue weighted by Crippen LogP contribution is -2.09. The molecule has 0 saturated heterocycles. The minimum Gasteiger partial charge on any atom is -0.436 e. The summed E-state index contributed by atoms with van der Waals surface area (Å²) in [5, 5.41) is 2.41. The van der Waals surface area contributed by atoms with Crippen molar-refractivity contribution in [3.8, 4) is 28.3 Å². The van der Waals surface area contributed by atoms with E-state index in [4.69, 9.17) is 9.40 Å². The molecule has 0 aliphatic carbocycles. The Morgan fingerprint density at radius 2 is 1.02 bits per heavy atom. The number of aromatic nitrogens is 2. The zero-order valence-corrected chi connectivity index (χ0v) is 25.5. The van der Waals surface area contributed by atoms with Gasteiger partial charge in [-0.1, -0.05) is 84.9 Å². The van der Waals surface area contributed by atoms with Gasteiger partial charge in [0.2, 0.25) is 5.89 Å². The Morgan fingerprint density at radius 1 is 0.447 bits per heavy atom. The van der Waals surface area contributed by atoms with Crippen molar-refractivity contribution in [2.24, 2.45) is 0 Å². The zero-order valence-electron chi connectivity index (χ0n) is 25.5. The van der Waals surface area contributed by atoms with Crippen LogP contribution in [0.1, 0.15) is 0 Å². The van der Waals surface area contributed by atoms with Crippen molar-refractivity contribution >= 4 is 50.0 Å². The van der Waals surface area contributed by atoms with E-state index in [-0.39, 0.29) is 0 Å².